The Balaban J connectivity index is 1.61. The molecule has 0 aliphatic carbocycles. The fraction of sp³-hybridized carbons (Fsp3) is 0.500. The predicted octanol–water partition coefficient (Wildman–Crippen LogP) is 2.19. The Labute approximate surface area is 149 Å². The van der Waals surface area contributed by atoms with Gasteiger partial charge in [-0.3, -0.25) is 19.8 Å². The highest BCUT2D eigenvalue weighted by Crippen LogP contribution is 2.22. The maximum atomic E-state index is 12.5. The number of piperazine rings is 1. The van der Waals surface area contributed by atoms with Crippen LogP contribution in [0.1, 0.15) is 25.9 Å². The molecule has 0 unspecified atom stereocenters. The molecule has 1 fully saturated rings. The van der Waals surface area contributed by atoms with E-state index in [0.717, 1.165) is 22.8 Å². The van der Waals surface area contributed by atoms with E-state index in [1.54, 1.807) is 18.5 Å². The fourth-order valence-corrected chi connectivity index (χ4v) is 3.91. The Bertz CT molecular complexity index is 805. The molecule has 0 aromatic carbocycles. The van der Waals surface area contributed by atoms with Crippen LogP contribution in [0.4, 0.5) is 5.69 Å². The topological polar surface area (TPSA) is 84.5 Å². The van der Waals surface area contributed by atoms with E-state index in [9.17, 15) is 14.9 Å². The first kappa shape index (κ1) is 17.6. The Morgan fingerprint density at radius 3 is 2.44 bits per heavy atom. The summed E-state index contributed by atoms with van der Waals surface area (Å²) in [5.74, 6) is 0.0829. The summed E-state index contributed by atoms with van der Waals surface area (Å²) < 4.78 is 1.67. The number of carbonyl (C=O) groups is 1. The van der Waals surface area contributed by atoms with Crippen LogP contribution in [0, 0.1) is 30.9 Å². The van der Waals surface area contributed by atoms with Gasteiger partial charge in [0.2, 0.25) is 0 Å². The molecule has 8 nitrogen and oxygen atoms in total. The van der Waals surface area contributed by atoms with Crippen molar-refractivity contribution in [3.63, 3.8) is 0 Å². The van der Waals surface area contributed by atoms with Crippen molar-refractivity contribution < 1.29 is 9.72 Å². The van der Waals surface area contributed by atoms with Crippen LogP contribution in [0.3, 0.4) is 0 Å². The summed E-state index contributed by atoms with van der Waals surface area (Å²) in [7, 11) is 0. The SMILES string of the molecule is Cc1ccc(C(=O)N2CCN(Cn3nc(C)c([N+](=O)[O-])c3C)CC2)s1. The van der Waals surface area contributed by atoms with Crippen LogP contribution in [-0.4, -0.2) is 56.6 Å². The van der Waals surface area contributed by atoms with Gasteiger partial charge < -0.3 is 4.90 Å². The third-order valence-electron chi connectivity index (χ3n) is 4.47. The lowest BCUT2D eigenvalue weighted by Gasteiger charge is -2.34. The summed E-state index contributed by atoms with van der Waals surface area (Å²) >= 11 is 1.52. The molecule has 0 radical (unpaired) electrons. The summed E-state index contributed by atoms with van der Waals surface area (Å²) in [6, 6.07) is 3.84. The van der Waals surface area contributed by atoms with Gasteiger partial charge in [-0.25, -0.2) is 4.68 Å². The number of nitrogens with zero attached hydrogens (tertiary/aromatic N) is 5. The summed E-state index contributed by atoms with van der Waals surface area (Å²) in [5.41, 5.74) is 1.08. The van der Waals surface area contributed by atoms with Crippen molar-refractivity contribution in [2.75, 3.05) is 26.2 Å². The van der Waals surface area contributed by atoms with Crippen molar-refractivity contribution in [1.29, 1.82) is 0 Å². The summed E-state index contributed by atoms with van der Waals surface area (Å²) in [5, 5.41) is 15.4. The van der Waals surface area contributed by atoms with E-state index < -0.39 is 0 Å². The van der Waals surface area contributed by atoms with Crippen LogP contribution < -0.4 is 0 Å². The van der Waals surface area contributed by atoms with Gasteiger partial charge in [0.05, 0.1) is 16.5 Å². The fourth-order valence-electron chi connectivity index (χ4n) is 3.08. The zero-order chi connectivity index (χ0) is 18.1. The van der Waals surface area contributed by atoms with Gasteiger partial charge in [0.1, 0.15) is 11.4 Å². The number of nitro groups is 1. The minimum Gasteiger partial charge on any atom is -0.335 e. The molecule has 1 aliphatic heterocycles. The van der Waals surface area contributed by atoms with Crippen molar-refractivity contribution in [2.24, 2.45) is 0 Å². The molecule has 2 aromatic rings. The monoisotopic (exact) mass is 363 g/mol. The van der Waals surface area contributed by atoms with Crippen LogP contribution in [0.2, 0.25) is 0 Å². The molecule has 0 spiro atoms. The first-order valence-corrected chi connectivity index (χ1v) is 8.95. The maximum Gasteiger partial charge on any atom is 0.312 e. The molecule has 134 valence electrons. The van der Waals surface area contributed by atoms with Gasteiger partial charge in [0, 0.05) is 31.1 Å². The molecule has 9 heteroatoms. The average Bonchev–Trinajstić information content (AvgIpc) is 3.11. The number of carbonyl (C=O) groups excluding carboxylic acids is 1. The highest BCUT2D eigenvalue weighted by Gasteiger charge is 2.26. The second kappa shape index (κ2) is 6.93. The quantitative estimate of drug-likeness (QED) is 0.614. The molecular weight excluding hydrogens is 342 g/mol. The van der Waals surface area contributed by atoms with Gasteiger partial charge in [-0.2, -0.15) is 5.10 Å². The van der Waals surface area contributed by atoms with Gasteiger partial charge in [0.25, 0.3) is 5.91 Å². The average molecular weight is 363 g/mol. The van der Waals surface area contributed by atoms with Gasteiger partial charge in [0.15, 0.2) is 0 Å². The van der Waals surface area contributed by atoms with Crippen LogP contribution in [0.25, 0.3) is 0 Å². The van der Waals surface area contributed by atoms with Gasteiger partial charge in [-0.1, -0.05) is 0 Å². The highest BCUT2D eigenvalue weighted by molar-refractivity contribution is 7.13. The lowest BCUT2D eigenvalue weighted by Crippen LogP contribution is -2.49. The molecule has 0 bridgehead atoms. The number of aromatic nitrogens is 2. The van der Waals surface area contributed by atoms with Gasteiger partial charge in [-0.05, 0) is 32.9 Å². The molecule has 0 saturated carbocycles. The standard InChI is InChI=1S/C16H21N5O3S/c1-11-4-5-14(25-11)16(22)19-8-6-18(7-9-19)10-20-13(3)15(21(23)24)12(2)17-20/h4-5H,6-10H2,1-3H3. The maximum absolute atomic E-state index is 12.5. The molecule has 25 heavy (non-hydrogen) atoms. The summed E-state index contributed by atoms with van der Waals surface area (Å²) in [6.45, 7) is 8.62. The number of rotatable bonds is 4. The number of hydrogen-bond donors (Lipinski definition) is 0. The van der Waals surface area contributed by atoms with Crippen molar-refractivity contribution in [1.82, 2.24) is 19.6 Å². The second-order valence-corrected chi connectivity index (χ2v) is 7.53. The Kier molecular flexibility index (Phi) is 4.87. The Hall–Kier alpha value is -2.26. The molecule has 3 heterocycles. The van der Waals surface area contributed by atoms with E-state index >= 15 is 0 Å². The van der Waals surface area contributed by atoms with Crippen molar-refractivity contribution in [3.05, 3.63) is 43.4 Å². The predicted molar refractivity (Wildman–Crippen MR) is 94.9 cm³/mol. The number of thiophene rings is 1. The molecule has 1 amide bonds. The van der Waals surface area contributed by atoms with Crippen LogP contribution in [0.15, 0.2) is 12.1 Å². The molecule has 1 aliphatic rings. The van der Waals surface area contributed by atoms with E-state index in [-0.39, 0.29) is 16.5 Å². The zero-order valence-corrected chi connectivity index (χ0v) is 15.4. The lowest BCUT2D eigenvalue weighted by atomic mass is 10.3. The first-order valence-electron chi connectivity index (χ1n) is 8.13. The third kappa shape index (κ3) is 3.57. The number of amides is 1. The molecule has 2 aromatic heterocycles. The highest BCUT2D eigenvalue weighted by atomic mass is 32.1. The van der Waals surface area contributed by atoms with Gasteiger partial charge >= 0.3 is 5.69 Å². The zero-order valence-electron chi connectivity index (χ0n) is 14.6. The van der Waals surface area contributed by atoms with E-state index in [4.69, 9.17) is 0 Å². The van der Waals surface area contributed by atoms with E-state index in [1.807, 2.05) is 24.0 Å². The van der Waals surface area contributed by atoms with Crippen molar-refractivity contribution in [3.8, 4) is 0 Å². The molecule has 1 saturated heterocycles. The first-order chi connectivity index (χ1) is 11.9. The third-order valence-corrected chi connectivity index (χ3v) is 5.46. The summed E-state index contributed by atoms with van der Waals surface area (Å²) in [6.07, 6.45) is 0. The van der Waals surface area contributed by atoms with Crippen LogP contribution >= 0.6 is 11.3 Å². The lowest BCUT2D eigenvalue weighted by molar-refractivity contribution is -0.386. The number of aryl methyl sites for hydroxylation is 2. The largest absolute Gasteiger partial charge is 0.335 e. The second-order valence-electron chi connectivity index (χ2n) is 6.24. The van der Waals surface area contributed by atoms with E-state index in [1.165, 1.54) is 11.3 Å². The minimum atomic E-state index is -0.381. The van der Waals surface area contributed by atoms with E-state index in [0.29, 0.717) is 31.1 Å². The van der Waals surface area contributed by atoms with Crippen molar-refractivity contribution in [2.45, 2.75) is 27.4 Å². The van der Waals surface area contributed by atoms with Gasteiger partial charge in [-0.15, -0.1) is 11.3 Å². The van der Waals surface area contributed by atoms with Crippen LogP contribution in [-0.2, 0) is 6.67 Å². The van der Waals surface area contributed by atoms with Crippen molar-refractivity contribution >= 4 is 22.9 Å². The van der Waals surface area contributed by atoms with E-state index in [2.05, 4.69) is 10.00 Å². The normalized spacial score (nSPS) is 15.6. The molecule has 0 atom stereocenters. The Morgan fingerprint density at radius 2 is 1.92 bits per heavy atom. The van der Waals surface area contributed by atoms with Crippen LogP contribution in [0.5, 0.6) is 0 Å². The number of hydrogen-bond acceptors (Lipinski definition) is 6. The summed E-state index contributed by atoms with van der Waals surface area (Å²) in [4.78, 5) is 29.1. The molecule has 3 rings (SSSR count). The molecular formula is C16H21N5O3S. The minimum absolute atomic E-state index is 0.0829. The Morgan fingerprint density at radius 1 is 1.24 bits per heavy atom. The molecule has 0 N–H and O–H groups in total. The smallest absolute Gasteiger partial charge is 0.312 e.